The van der Waals surface area contributed by atoms with Crippen molar-refractivity contribution in [2.45, 2.75) is 32.0 Å². The molecule has 0 radical (unpaired) electrons. The molecule has 5 nitrogen and oxygen atoms in total. The highest BCUT2D eigenvalue weighted by Gasteiger charge is 2.44. The number of ether oxygens (including phenoxy) is 3. The standard InChI is InChI=1S/C15H16O5/c1-9-11-8-19-15(12(16)13(11)20-14(9)17)18-7-10-5-3-2-4-6-10/h2-6,12-13,15-16H,7-8H2,1H3/t12-,13+,15+/m1/s1. The van der Waals surface area contributed by atoms with Crippen LogP contribution in [0.15, 0.2) is 41.5 Å². The number of carbonyl (C=O) groups is 1. The molecule has 0 aromatic heterocycles. The van der Waals surface area contributed by atoms with Gasteiger partial charge in [-0.3, -0.25) is 0 Å². The van der Waals surface area contributed by atoms with Gasteiger partial charge in [0.2, 0.25) is 0 Å². The van der Waals surface area contributed by atoms with Crippen molar-refractivity contribution < 1.29 is 24.1 Å². The Kier molecular flexibility index (Phi) is 3.56. The second kappa shape index (κ2) is 5.36. The van der Waals surface area contributed by atoms with Gasteiger partial charge in [0.15, 0.2) is 12.4 Å². The Labute approximate surface area is 116 Å². The molecule has 1 N–H and O–H groups in total. The molecule has 0 spiro atoms. The Hall–Kier alpha value is -1.69. The van der Waals surface area contributed by atoms with Crippen molar-refractivity contribution in [1.29, 1.82) is 0 Å². The van der Waals surface area contributed by atoms with E-state index in [0.717, 1.165) is 5.56 Å². The summed E-state index contributed by atoms with van der Waals surface area (Å²) in [6.07, 6.45) is -2.43. The SMILES string of the molecule is CC1=C2CO[C@H](OCc3ccccc3)[C@H](O)[C@H]2OC1=O. The summed E-state index contributed by atoms with van der Waals surface area (Å²) < 4.78 is 16.2. The fraction of sp³-hybridized carbons (Fsp3) is 0.400. The monoisotopic (exact) mass is 276 g/mol. The Morgan fingerprint density at radius 1 is 1.35 bits per heavy atom. The fourth-order valence-electron chi connectivity index (χ4n) is 2.40. The average Bonchev–Trinajstić information content (AvgIpc) is 2.76. The van der Waals surface area contributed by atoms with E-state index in [0.29, 0.717) is 17.8 Å². The lowest BCUT2D eigenvalue weighted by Gasteiger charge is -2.33. The third-order valence-corrected chi connectivity index (χ3v) is 3.61. The van der Waals surface area contributed by atoms with Crippen molar-refractivity contribution >= 4 is 5.97 Å². The molecule has 3 atom stereocenters. The van der Waals surface area contributed by atoms with E-state index in [1.807, 2.05) is 30.3 Å². The molecule has 1 aromatic carbocycles. The quantitative estimate of drug-likeness (QED) is 0.839. The van der Waals surface area contributed by atoms with Gasteiger partial charge in [0, 0.05) is 11.1 Å². The highest BCUT2D eigenvalue weighted by molar-refractivity contribution is 5.91. The molecule has 0 bridgehead atoms. The van der Waals surface area contributed by atoms with Gasteiger partial charge >= 0.3 is 5.97 Å². The van der Waals surface area contributed by atoms with Crippen LogP contribution in [0.3, 0.4) is 0 Å². The van der Waals surface area contributed by atoms with Crippen LogP contribution in [0.5, 0.6) is 0 Å². The van der Waals surface area contributed by atoms with Crippen molar-refractivity contribution in [3.8, 4) is 0 Å². The van der Waals surface area contributed by atoms with Crippen molar-refractivity contribution in [1.82, 2.24) is 0 Å². The molecule has 2 aliphatic rings. The predicted molar refractivity (Wildman–Crippen MR) is 69.6 cm³/mol. The van der Waals surface area contributed by atoms with Crippen LogP contribution >= 0.6 is 0 Å². The summed E-state index contributed by atoms with van der Waals surface area (Å²) in [4.78, 5) is 11.5. The summed E-state index contributed by atoms with van der Waals surface area (Å²) in [6.45, 7) is 2.26. The first-order valence-electron chi connectivity index (χ1n) is 6.52. The number of aliphatic hydroxyl groups is 1. The van der Waals surface area contributed by atoms with Crippen molar-refractivity contribution in [3.05, 3.63) is 47.0 Å². The molecule has 1 fully saturated rings. The topological polar surface area (TPSA) is 65.0 Å². The summed E-state index contributed by atoms with van der Waals surface area (Å²) >= 11 is 0. The van der Waals surface area contributed by atoms with E-state index < -0.39 is 24.5 Å². The average molecular weight is 276 g/mol. The van der Waals surface area contributed by atoms with Crippen molar-refractivity contribution in [2.24, 2.45) is 0 Å². The van der Waals surface area contributed by atoms with Crippen LogP contribution in [0, 0.1) is 0 Å². The minimum Gasteiger partial charge on any atom is -0.451 e. The van der Waals surface area contributed by atoms with E-state index in [2.05, 4.69) is 0 Å². The molecule has 1 saturated heterocycles. The normalized spacial score (nSPS) is 29.3. The summed E-state index contributed by atoms with van der Waals surface area (Å²) in [5, 5.41) is 10.2. The van der Waals surface area contributed by atoms with Gasteiger partial charge in [0.05, 0.1) is 13.2 Å². The minimum absolute atomic E-state index is 0.249. The molecule has 20 heavy (non-hydrogen) atoms. The van der Waals surface area contributed by atoms with Gasteiger partial charge in [-0.15, -0.1) is 0 Å². The van der Waals surface area contributed by atoms with Crippen molar-refractivity contribution in [2.75, 3.05) is 6.61 Å². The van der Waals surface area contributed by atoms with Crippen LogP contribution in [0.25, 0.3) is 0 Å². The van der Waals surface area contributed by atoms with Crippen LogP contribution in [-0.4, -0.2) is 36.2 Å². The van der Waals surface area contributed by atoms with Gasteiger partial charge in [-0.05, 0) is 12.5 Å². The maximum atomic E-state index is 11.5. The van der Waals surface area contributed by atoms with Gasteiger partial charge in [0.25, 0.3) is 0 Å². The maximum absolute atomic E-state index is 11.5. The van der Waals surface area contributed by atoms with E-state index in [1.54, 1.807) is 6.92 Å². The van der Waals surface area contributed by atoms with Crippen LogP contribution in [0.2, 0.25) is 0 Å². The largest absolute Gasteiger partial charge is 0.451 e. The molecule has 1 aromatic rings. The second-order valence-corrected chi connectivity index (χ2v) is 4.94. The molecule has 3 rings (SSSR count). The highest BCUT2D eigenvalue weighted by atomic mass is 16.7. The van der Waals surface area contributed by atoms with Crippen LogP contribution in [-0.2, 0) is 25.6 Å². The first kappa shape index (κ1) is 13.3. The molecule has 5 heteroatoms. The lowest BCUT2D eigenvalue weighted by Crippen LogP contribution is -2.47. The van der Waals surface area contributed by atoms with Gasteiger partial charge in [-0.2, -0.15) is 0 Å². The number of carbonyl (C=O) groups excluding carboxylic acids is 1. The predicted octanol–water partition coefficient (Wildman–Crippen LogP) is 1.16. The first-order valence-corrected chi connectivity index (χ1v) is 6.52. The lowest BCUT2D eigenvalue weighted by atomic mass is 10.00. The Bertz CT molecular complexity index is 536. The van der Waals surface area contributed by atoms with Gasteiger partial charge in [0.1, 0.15) is 6.10 Å². The lowest BCUT2D eigenvalue weighted by molar-refractivity contribution is -0.232. The van der Waals surface area contributed by atoms with E-state index in [9.17, 15) is 9.90 Å². The van der Waals surface area contributed by atoms with Gasteiger partial charge < -0.3 is 19.3 Å². The first-order chi connectivity index (χ1) is 9.66. The van der Waals surface area contributed by atoms with Crippen LogP contribution in [0.1, 0.15) is 12.5 Å². The fourth-order valence-corrected chi connectivity index (χ4v) is 2.40. The molecule has 2 aliphatic heterocycles. The second-order valence-electron chi connectivity index (χ2n) is 4.94. The van der Waals surface area contributed by atoms with E-state index in [-0.39, 0.29) is 6.61 Å². The summed E-state index contributed by atoms with van der Waals surface area (Å²) in [7, 11) is 0. The molecular formula is C15H16O5. The number of benzene rings is 1. The molecule has 2 heterocycles. The number of aliphatic hydroxyl groups excluding tert-OH is 1. The van der Waals surface area contributed by atoms with Crippen molar-refractivity contribution in [3.63, 3.8) is 0 Å². The number of esters is 1. The van der Waals surface area contributed by atoms with Crippen LogP contribution < -0.4 is 0 Å². The smallest absolute Gasteiger partial charge is 0.334 e. The van der Waals surface area contributed by atoms with E-state index in [1.165, 1.54) is 0 Å². The maximum Gasteiger partial charge on any atom is 0.334 e. The summed E-state index contributed by atoms with van der Waals surface area (Å²) in [5.41, 5.74) is 2.22. The number of hydrogen-bond donors (Lipinski definition) is 1. The minimum atomic E-state index is -0.996. The number of fused-ring (bicyclic) bond motifs is 1. The number of rotatable bonds is 3. The van der Waals surface area contributed by atoms with E-state index in [4.69, 9.17) is 14.2 Å². The number of hydrogen-bond acceptors (Lipinski definition) is 5. The molecule has 0 unspecified atom stereocenters. The zero-order valence-corrected chi connectivity index (χ0v) is 11.1. The van der Waals surface area contributed by atoms with E-state index >= 15 is 0 Å². The third kappa shape index (κ3) is 2.35. The molecule has 106 valence electrons. The summed E-state index contributed by atoms with van der Waals surface area (Å²) in [6, 6.07) is 9.62. The van der Waals surface area contributed by atoms with Gasteiger partial charge in [-0.25, -0.2) is 4.79 Å². The Morgan fingerprint density at radius 2 is 2.10 bits per heavy atom. The Morgan fingerprint density at radius 3 is 2.85 bits per heavy atom. The molecular weight excluding hydrogens is 260 g/mol. The molecule has 0 amide bonds. The summed E-state index contributed by atoms with van der Waals surface area (Å²) in [5.74, 6) is -0.392. The zero-order chi connectivity index (χ0) is 14.1. The molecule has 0 aliphatic carbocycles. The zero-order valence-electron chi connectivity index (χ0n) is 11.1. The Balaban J connectivity index is 1.64. The molecule has 0 saturated carbocycles. The third-order valence-electron chi connectivity index (χ3n) is 3.61. The van der Waals surface area contributed by atoms with Gasteiger partial charge in [-0.1, -0.05) is 30.3 Å². The highest BCUT2D eigenvalue weighted by Crippen LogP contribution is 2.31. The van der Waals surface area contributed by atoms with Crippen LogP contribution in [0.4, 0.5) is 0 Å².